The highest BCUT2D eigenvalue weighted by Gasteiger charge is 2.18. The third-order valence-electron chi connectivity index (χ3n) is 2.32. The maximum absolute atomic E-state index is 4.57. The fourth-order valence-electron chi connectivity index (χ4n) is 1.50. The zero-order chi connectivity index (χ0) is 12.4. The van der Waals surface area contributed by atoms with E-state index in [1.165, 1.54) is 32.1 Å². The fourth-order valence-corrected chi connectivity index (χ4v) is 6.12. The van der Waals surface area contributed by atoms with E-state index in [1.54, 1.807) is 0 Å². The summed E-state index contributed by atoms with van der Waals surface area (Å²) in [7, 11) is -0.997. The van der Waals surface area contributed by atoms with Crippen molar-refractivity contribution in [2.75, 3.05) is 6.54 Å². The Hall–Kier alpha value is 0.237. The summed E-state index contributed by atoms with van der Waals surface area (Å²) in [6.07, 6.45) is 8.69. The molecule has 0 spiro atoms. The Balaban J connectivity index is 3.72. The molecule has 0 aromatic carbocycles. The van der Waals surface area contributed by atoms with Gasteiger partial charge >= 0.3 is 0 Å². The molecule has 0 bridgehead atoms. The molecule has 3 heteroatoms. The maximum atomic E-state index is 4.57. The molecule has 0 aromatic heterocycles. The Kier molecular flexibility index (Phi) is 9.42. The van der Waals surface area contributed by atoms with Crippen molar-refractivity contribution in [3.05, 3.63) is 0 Å². The van der Waals surface area contributed by atoms with E-state index in [2.05, 4.69) is 55.9 Å². The second-order valence-electron chi connectivity index (χ2n) is 5.29. The van der Waals surface area contributed by atoms with Gasteiger partial charge in [0.25, 0.3) is 0 Å². The van der Waals surface area contributed by atoms with E-state index in [0.717, 1.165) is 6.54 Å². The minimum absolute atomic E-state index is 0.651. The summed E-state index contributed by atoms with van der Waals surface area (Å²) in [5, 5.41) is 0.651. The normalized spacial score (nSPS) is 14.6. The molecule has 0 fully saturated rings. The standard InChI is InChI=1S/C13H29NSSi/c1-6-8-9-10-11-14-12-13(7-2)15-16(3,4)5/h12-13H,6-11H2,1-5H3. The van der Waals surface area contributed by atoms with E-state index in [-0.39, 0.29) is 0 Å². The SMILES string of the molecule is CCCCCCN=CC(CC)S[Si](C)(C)C. The van der Waals surface area contributed by atoms with Crippen molar-refractivity contribution in [3.8, 4) is 0 Å². The average Bonchev–Trinajstić information content (AvgIpc) is 2.19. The molecular weight excluding hydrogens is 230 g/mol. The van der Waals surface area contributed by atoms with Gasteiger partial charge in [-0.2, -0.15) is 11.2 Å². The molecule has 0 aliphatic heterocycles. The van der Waals surface area contributed by atoms with Crippen LogP contribution < -0.4 is 0 Å². The molecule has 1 unspecified atom stereocenters. The van der Waals surface area contributed by atoms with Gasteiger partial charge in [-0.05, 0) is 12.8 Å². The van der Waals surface area contributed by atoms with Crippen molar-refractivity contribution in [2.24, 2.45) is 4.99 Å². The summed E-state index contributed by atoms with van der Waals surface area (Å²) in [5.74, 6) is 0. The minimum atomic E-state index is -0.997. The lowest BCUT2D eigenvalue weighted by atomic mass is 10.2. The highest BCUT2D eigenvalue weighted by atomic mass is 32.4. The van der Waals surface area contributed by atoms with Crippen LogP contribution in [0.15, 0.2) is 4.99 Å². The van der Waals surface area contributed by atoms with Gasteiger partial charge in [0, 0.05) is 18.0 Å². The first-order valence-corrected chi connectivity index (χ1v) is 11.8. The Morgan fingerprint density at radius 3 is 2.31 bits per heavy atom. The van der Waals surface area contributed by atoms with E-state index in [0.29, 0.717) is 5.25 Å². The lowest BCUT2D eigenvalue weighted by Crippen LogP contribution is -2.21. The summed E-state index contributed by atoms with van der Waals surface area (Å²) in [4.78, 5) is 4.57. The van der Waals surface area contributed by atoms with Crippen LogP contribution in [-0.4, -0.2) is 25.2 Å². The molecule has 0 aromatic rings. The smallest absolute Gasteiger partial charge is 0.109 e. The second-order valence-corrected chi connectivity index (χ2v) is 14.7. The second kappa shape index (κ2) is 9.29. The average molecular weight is 260 g/mol. The molecule has 96 valence electrons. The van der Waals surface area contributed by atoms with Gasteiger partial charge in [0.2, 0.25) is 0 Å². The molecule has 0 aliphatic carbocycles. The van der Waals surface area contributed by atoms with Gasteiger partial charge in [-0.3, -0.25) is 4.99 Å². The summed E-state index contributed by atoms with van der Waals surface area (Å²) < 4.78 is 0. The Bertz CT molecular complexity index is 187. The monoisotopic (exact) mass is 259 g/mol. The topological polar surface area (TPSA) is 12.4 Å². The van der Waals surface area contributed by atoms with Crippen LogP contribution in [0.1, 0.15) is 46.0 Å². The van der Waals surface area contributed by atoms with Crippen LogP contribution in [0.4, 0.5) is 0 Å². The molecule has 0 saturated carbocycles. The van der Waals surface area contributed by atoms with Gasteiger partial charge in [0.05, 0.1) is 0 Å². The van der Waals surface area contributed by atoms with Crippen LogP contribution in [0.25, 0.3) is 0 Å². The van der Waals surface area contributed by atoms with E-state index in [1.807, 2.05) is 0 Å². The molecule has 1 atom stereocenters. The predicted octanol–water partition coefficient (Wildman–Crippen LogP) is 4.98. The van der Waals surface area contributed by atoms with Gasteiger partial charge < -0.3 is 0 Å². The Morgan fingerprint density at radius 1 is 1.12 bits per heavy atom. The summed E-state index contributed by atoms with van der Waals surface area (Å²) >= 11 is 2.16. The zero-order valence-electron chi connectivity index (χ0n) is 11.8. The van der Waals surface area contributed by atoms with Crippen LogP contribution >= 0.6 is 11.2 Å². The van der Waals surface area contributed by atoms with Crippen LogP contribution in [0.2, 0.25) is 19.6 Å². The number of hydrogen-bond acceptors (Lipinski definition) is 2. The highest BCUT2D eigenvalue weighted by Crippen LogP contribution is 2.25. The maximum Gasteiger partial charge on any atom is 0.109 e. The van der Waals surface area contributed by atoms with Crippen molar-refractivity contribution in [1.29, 1.82) is 0 Å². The van der Waals surface area contributed by atoms with Crippen LogP contribution in [0.5, 0.6) is 0 Å². The molecule has 0 heterocycles. The van der Waals surface area contributed by atoms with Crippen molar-refractivity contribution in [3.63, 3.8) is 0 Å². The molecule has 16 heavy (non-hydrogen) atoms. The first-order chi connectivity index (χ1) is 7.49. The van der Waals surface area contributed by atoms with E-state index < -0.39 is 7.22 Å². The van der Waals surface area contributed by atoms with Gasteiger partial charge in [0.1, 0.15) is 7.22 Å². The molecule has 0 amide bonds. The number of rotatable bonds is 9. The summed E-state index contributed by atoms with van der Waals surface area (Å²) in [5.41, 5.74) is 0. The third kappa shape index (κ3) is 10.7. The largest absolute Gasteiger partial charge is 0.296 e. The summed E-state index contributed by atoms with van der Waals surface area (Å²) in [6, 6.07) is 0. The number of nitrogens with zero attached hydrogens (tertiary/aromatic N) is 1. The highest BCUT2D eigenvalue weighted by molar-refractivity contribution is 8.29. The van der Waals surface area contributed by atoms with Crippen molar-refractivity contribution in [1.82, 2.24) is 0 Å². The van der Waals surface area contributed by atoms with Gasteiger partial charge in [0.15, 0.2) is 0 Å². The number of hydrogen-bond donors (Lipinski definition) is 0. The quantitative estimate of drug-likeness (QED) is 0.323. The molecule has 0 aliphatic rings. The first-order valence-electron chi connectivity index (χ1n) is 6.67. The minimum Gasteiger partial charge on any atom is -0.296 e. The lowest BCUT2D eigenvalue weighted by Gasteiger charge is -2.20. The van der Waals surface area contributed by atoms with Gasteiger partial charge in [-0.15, -0.1) is 0 Å². The fraction of sp³-hybridized carbons (Fsp3) is 0.923. The number of aliphatic imine (C=N–C) groups is 1. The molecule has 0 saturated heterocycles. The van der Waals surface area contributed by atoms with E-state index in [4.69, 9.17) is 0 Å². The molecular formula is C13H29NSSi. The lowest BCUT2D eigenvalue weighted by molar-refractivity contribution is 0.675. The summed E-state index contributed by atoms with van der Waals surface area (Å²) in [6.45, 7) is 12.8. The predicted molar refractivity (Wildman–Crippen MR) is 82.5 cm³/mol. The van der Waals surface area contributed by atoms with Gasteiger partial charge in [-0.1, -0.05) is 52.8 Å². The molecule has 1 nitrogen and oxygen atoms in total. The number of unbranched alkanes of at least 4 members (excludes halogenated alkanes) is 3. The van der Waals surface area contributed by atoms with Crippen molar-refractivity contribution < 1.29 is 0 Å². The molecule has 0 radical (unpaired) electrons. The van der Waals surface area contributed by atoms with E-state index >= 15 is 0 Å². The van der Waals surface area contributed by atoms with E-state index in [9.17, 15) is 0 Å². The first kappa shape index (κ1) is 16.2. The zero-order valence-corrected chi connectivity index (χ0v) is 13.6. The third-order valence-corrected chi connectivity index (χ3v) is 6.81. The Labute approximate surface area is 107 Å². The Morgan fingerprint density at radius 2 is 1.81 bits per heavy atom. The van der Waals surface area contributed by atoms with Crippen LogP contribution in [0, 0.1) is 0 Å². The van der Waals surface area contributed by atoms with Crippen molar-refractivity contribution >= 4 is 24.6 Å². The van der Waals surface area contributed by atoms with Crippen molar-refractivity contribution in [2.45, 2.75) is 70.8 Å². The van der Waals surface area contributed by atoms with Crippen LogP contribution in [-0.2, 0) is 0 Å². The van der Waals surface area contributed by atoms with Crippen LogP contribution in [0.3, 0.4) is 0 Å². The van der Waals surface area contributed by atoms with Gasteiger partial charge in [-0.25, -0.2) is 0 Å². The molecule has 0 N–H and O–H groups in total. The molecule has 0 rings (SSSR count).